The van der Waals surface area contributed by atoms with Gasteiger partial charge in [0, 0.05) is 52.0 Å². The van der Waals surface area contributed by atoms with E-state index in [0.717, 1.165) is 77.8 Å². The van der Waals surface area contributed by atoms with Crippen molar-refractivity contribution in [1.82, 2.24) is 20.0 Å². The number of unbranched alkanes of at least 4 members (excludes halogenated alkanes) is 1. The van der Waals surface area contributed by atoms with Crippen molar-refractivity contribution >= 4 is 11.8 Å². The molecule has 1 N–H and O–H groups in total. The van der Waals surface area contributed by atoms with Crippen LogP contribution in [0.3, 0.4) is 0 Å². The Hall–Kier alpha value is -1.76. The van der Waals surface area contributed by atoms with Crippen molar-refractivity contribution in [2.45, 2.75) is 77.3 Å². The molecule has 1 spiro atoms. The Morgan fingerprint density at radius 1 is 0.886 bits per heavy atom. The van der Waals surface area contributed by atoms with Crippen molar-refractivity contribution < 1.29 is 9.59 Å². The summed E-state index contributed by atoms with van der Waals surface area (Å²) in [4.78, 5) is 31.9. The second kappa shape index (κ2) is 13.0. The largest absolute Gasteiger partial charge is 0.302 e. The van der Waals surface area contributed by atoms with Crippen LogP contribution in [0.2, 0.25) is 0 Å². The van der Waals surface area contributed by atoms with E-state index in [1.54, 1.807) is 4.90 Å². The number of amides is 2. The number of nitrogens with zero attached hydrogens (tertiary/aromatic N) is 3. The number of rotatable bonds is 11. The minimum absolute atomic E-state index is 0.0104. The van der Waals surface area contributed by atoms with Gasteiger partial charge in [-0.15, -0.1) is 0 Å². The molecule has 2 aliphatic carbocycles. The normalized spacial score (nSPS) is 24.3. The second-order valence-corrected chi connectivity index (χ2v) is 11.0. The molecular formula is C29H45N4O2. The van der Waals surface area contributed by atoms with Crippen LogP contribution in [0.25, 0.3) is 0 Å². The van der Waals surface area contributed by atoms with Crippen LogP contribution < -0.4 is 5.32 Å². The van der Waals surface area contributed by atoms with Crippen molar-refractivity contribution in [1.29, 1.82) is 0 Å². The highest BCUT2D eigenvalue weighted by Crippen LogP contribution is 2.46. The molecular weight excluding hydrogens is 436 g/mol. The van der Waals surface area contributed by atoms with Gasteiger partial charge in [0.05, 0.1) is 6.17 Å². The van der Waals surface area contributed by atoms with Gasteiger partial charge in [-0.3, -0.25) is 19.4 Å². The average Bonchev–Trinajstić information content (AvgIpc) is 3.12. The van der Waals surface area contributed by atoms with E-state index in [1.165, 1.54) is 18.4 Å². The topological polar surface area (TPSA) is 55.9 Å². The summed E-state index contributed by atoms with van der Waals surface area (Å²) in [5.74, 6) is 0.159. The Morgan fingerprint density at radius 3 is 2.31 bits per heavy atom. The van der Waals surface area contributed by atoms with Crippen molar-refractivity contribution in [2.75, 3.05) is 45.8 Å². The Morgan fingerprint density at radius 2 is 1.57 bits per heavy atom. The molecule has 1 saturated carbocycles. The van der Waals surface area contributed by atoms with Gasteiger partial charge in [-0.1, -0.05) is 48.8 Å². The van der Waals surface area contributed by atoms with E-state index in [4.69, 9.17) is 0 Å². The average molecular weight is 482 g/mol. The molecule has 1 radical (unpaired) electrons. The molecule has 3 fully saturated rings. The molecule has 0 bridgehead atoms. The van der Waals surface area contributed by atoms with Crippen LogP contribution in [0.5, 0.6) is 0 Å². The molecule has 35 heavy (non-hydrogen) atoms. The van der Waals surface area contributed by atoms with Gasteiger partial charge in [0.1, 0.15) is 0 Å². The monoisotopic (exact) mass is 481 g/mol. The molecule has 193 valence electrons. The third kappa shape index (κ3) is 7.61. The molecule has 6 nitrogen and oxygen atoms in total. The highest BCUT2D eigenvalue weighted by Gasteiger charge is 2.44. The van der Waals surface area contributed by atoms with Crippen LogP contribution in [-0.4, -0.2) is 78.5 Å². The quantitative estimate of drug-likeness (QED) is 0.356. The molecule has 0 aromatic carbocycles. The Kier molecular flexibility index (Phi) is 9.75. The molecule has 2 amide bonds. The third-order valence-corrected chi connectivity index (χ3v) is 8.42. The van der Waals surface area contributed by atoms with Gasteiger partial charge in [-0.25, -0.2) is 0 Å². The number of imide groups is 1. The fourth-order valence-electron chi connectivity index (χ4n) is 6.18. The summed E-state index contributed by atoms with van der Waals surface area (Å²) in [5, 5.41) is 3.70. The van der Waals surface area contributed by atoms with Crippen molar-refractivity contribution in [3.63, 3.8) is 0 Å². The first-order valence-corrected chi connectivity index (χ1v) is 13.9. The van der Waals surface area contributed by atoms with Gasteiger partial charge in [0.15, 0.2) is 0 Å². The lowest BCUT2D eigenvalue weighted by atomic mass is 9.76. The zero-order chi connectivity index (χ0) is 24.5. The SMILES string of the molecule is CC(NCCCC1=CC=CC=C[CH]1)N1CCN(CCCCN2C(=O)CC3(CCCC3)CC2=O)CC1. The number of hydrogen-bond acceptors (Lipinski definition) is 5. The maximum Gasteiger partial charge on any atom is 0.229 e. The molecule has 0 aromatic heterocycles. The van der Waals surface area contributed by atoms with Crippen LogP contribution in [-0.2, 0) is 9.59 Å². The van der Waals surface area contributed by atoms with E-state index in [9.17, 15) is 9.59 Å². The molecule has 2 saturated heterocycles. The summed E-state index contributed by atoms with van der Waals surface area (Å²) in [7, 11) is 0. The van der Waals surface area contributed by atoms with Gasteiger partial charge in [-0.2, -0.15) is 0 Å². The number of carbonyl (C=O) groups excluding carboxylic acids is 2. The summed E-state index contributed by atoms with van der Waals surface area (Å²) >= 11 is 0. The lowest BCUT2D eigenvalue weighted by Gasteiger charge is -2.39. The van der Waals surface area contributed by atoms with E-state index in [2.05, 4.69) is 58.8 Å². The lowest BCUT2D eigenvalue weighted by molar-refractivity contribution is -0.153. The highest BCUT2D eigenvalue weighted by atomic mass is 16.2. The van der Waals surface area contributed by atoms with Crippen molar-refractivity contribution in [3.8, 4) is 0 Å². The van der Waals surface area contributed by atoms with E-state index in [0.29, 0.717) is 25.6 Å². The third-order valence-electron chi connectivity index (χ3n) is 8.42. The van der Waals surface area contributed by atoms with Gasteiger partial charge in [0.2, 0.25) is 11.8 Å². The van der Waals surface area contributed by atoms with Crippen molar-refractivity contribution in [3.05, 3.63) is 42.4 Å². The lowest BCUT2D eigenvalue weighted by Crippen LogP contribution is -2.53. The number of likely N-dealkylation sites (tertiary alicyclic amines) is 1. The van der Waals surface area contributed by atoms with Crippen LogP contribution in [0.4, 0.5) is 0 Å². The van der Waals surface area contributed by atoms with Crippen LogP contribution in [0.15, 0.2) is 36.0 Å². The fourth-order valence-corrected chi connectivity index (χ4v) is 6.18. The predicted molar refractivity (Wildman–Crippen MR) is 141 cm³/mol. The summed E-state index contributed by atoms with van der Waals surface area (Å²) in [5.41, 5.74) is 1.40. The van der Waals surface area contributed by atoms with E-state index in [1.807, 2.05) is 0 Å². The molecule has 6 heteroatoms. The molecule has 1 unspecified atom stereocenters. The maximum absolute atomic E-state index is 12.6. The number of carbonyl (C=O) groups is 2. The number of piperazine rings is 1. The summed E-state index contributed by atoms with van der Waals surface area (Å²) < 4.78 is 0. The Balaban J connectivity index is 1.05. The summed E-state index contributed by atoms with van der Waals surface area (Å²) in [6.45, 7) is 9.35. The minimum atomic E-state index is 0.0104. The summed E-state index contributed by atoms with van der Waals surface area (Å²) in [6.07, 6.45) is 23.1. The standard InChI is InChI=1S/C29H45N4O2/c1-25(30-16-10-13-26-11-4-2-3-5-12-26)32-21-19-31(20-22-32)17-8-9-18-33-27(34)23-29(24-28(33)35)14-6-7-15-29/h2-5,11-12,25,30H,6-10,13-24H2,1H3. The predicted octanol–water partition coefficient (Wildman–Crippen LogP) is 4.07. The Bertz CT molecular complexity index is 783. The van der Waals surface area contributed by atoms with Crippen molar-refractivity contribution in [2.24, 2.45) is 5.41 Å². The number of nitrogens with one attached hydrogen (secondary N) is 1. The molecule has 0 aromatic rings. The van der Waals surface area contributed by atoms with E-state index >= 15 is 0 Å². The first-order chi connectivity index (χ1) is 17.0. The van der Waals surface area contributed by atoms with E-state index in [-0.39, 0.29) is 17.2 Å². The zero-order valence-electron chi connectivity index (χ0n) is 21.7. The summed E-state index contributed by atoms with van der Waals surface area (Å²) in [6, 6.07) is 0. The number of allylic oxidation sites excluding steroid dienone is 6. The van der Waals surface area contributed by atoms with Gasteiger partial charge >= 0.3 is 0 Å². The van der Waals surface area contributed by atoms with Gasteiger partial charge in [-0.05, 0) is 64.0 Å². The fraction of sp³-hybridized carbons (Fsp3) is 0.690. The first-order valence-electron chi connectivity index (χ1n) is 13.9. The molecule has 1 atom stereocenters. The number of piperidine rings is 1. The Labute approximate surface area is 212 Å². The smallest absolute Gasteiger partial charge is 0.229 e. The van der Waals surface area contributed by atoms with Crippen LogP contribution >= 0.6 is 0 Å². The molecule has 4 aliphatic rings. The minimum Gasteiger partial charge on any atom is -0.302 e. The van der Waals surface area contributed by atoms with Crippen LogP contribution in [0.1, 0.15) is 71.1 Å². The molecule has 2 heterocycles. The first kappa shape index (κ1) is 26.3. The van der Waals surface area contributed by atoms with Gasteiger partial charge in [0.25, 0.3) is 0 Å². The van der Waals surface area contributed by atoms with E-state index < -0.39 is 0 Å². The zero-order valence-corrected chi connectivity index (χ0v) is 21.7. The van der Waals surface area contributed by atoms with Crippen LogP contribution in [0, 0.1) is 11.8 Å². The molecule has 2 aliphatic heterocycles. The molecule has 4 rings (SSSR count). The second-order valence-electron chi connectivity index (χ2n) is 11.0. The van der Waals surface area contributed by atoms with Gasteiger partial charge < -0.3 is 10.2 Å². The highest BCUT2D eigenvalue weighted by molar-refractivity contribution is 5.98. The maximum atomic E-state index is 12.6. The number of hydrogen-bond donors (Lipinski definition) is 1.